The Morgan fingerprint density at radius 3 is 2.75 bits per heavy atom. The Balaban J connectivity index is 1.97. The van der Waals surface area contributed by atoms with Gasteiger partial charge in [-0.05, 0) is 22.4 Å². The molecule has 1 atom stereocenters. The van der Waals surface area contributed by atoms with Crippen molar-refractivity contribution in [3.8, 4) is 0 Å². The number of rotatable bonds is 1. The summed E-state index contributed by atoms with van der Waals surface area (Å²) in [4.78, 5) is 0. The number of thioether (sulfide) groups is 1. The highest BCUT2D eigenvalue weighted by Gasteiger charge is 2.14. The third-order valence-corrected chi connectivity index (χ3v) is 4.16. The van der Waals surface area contributed by atoms with Gasteiger partial charge in [0.1, 0.15) is 0 Å². The molecule has 2 heteroatoms. The van der Waals surface area contributed by atoms with E-state index in [0.717, 1.165) is 6.54 Å². The van der Waals surface area contributed by atoms with Gasteiger partial charge in [-0.2, -0.15) is 11.8 Å². The van der Waals surface area contributed by atoms with Crippen LogP contribution >= 0.6 is 11.8 Å². The van der Waals surface area contributed by atoms with Crippen LogP contribution in [0.4, 0.5) is 0 Å². The van der Waals surface area contributed by atoms with Crippen LogP contribution in [-0.2, 0) is 0 Å². The van der Waals surface area contributed by atoms with Gasteiger partial charge in [-0.1, -0.05) is 36.4 Å². The lowest BCUT2D eigenvalue weighted by Gasteiger charge is -2.23. The Kier molecular flexibility index (Phi) is 2.85. The Hall–Kier alpha value is -0.990. The molecule has 1 fully saturated rings. The number of benzene rings is 2. The summed E-state index contributed by atoms with van der Waals surface area (Å²) in [7, 11) is 0. The lowest BCUT2D eigenvalue weighted by molar-refractivity contribution is 0.595. The van der Waals surface area contributed by atoms with E-state index < -0.39 is 0 Å². The minimum absolute atomic E-state index is 0.531. The van der Waals surface area contributed by atoms with Gasteiger partial charge < -0.3 is 5.32 Å². The molecular weight excluding hydrogens is 214 g/mol. The molecule has 1 aliphatic rings. The Labute approximate surface area is 100 Å². The zero-order valence-electron chi connectivity index (χ0n) is 9.15. The van der Waals surface area contributed by atoms with Crippen LogP contribution in [0.1, 0.15) is 11.6 Å². The maximum Gasteiger partial charge on any atom is 0.0412 e. The van der Waals surface area contributed by atoms with Gasteiger partial charge in [-0.25, -0.2) is 0 Å². The Bertz CT molecular complexity index is 489. The summed E-state index contributed by atoms with van der Waals surface area (Å²) in [5.74, 6) is 2.43. The molecule has 1 nitrogen and oxygen atoms in total. The minimum atomic E-state index is 0.531. The van der Waals surface area contributed by atoms with Gasteiger partial charge in [0.15, 0.2) is 0 Å². The predicted octanol–water partition coefficient (Wildman–Crippen LogP) is 3.22. The maximum atomic E-state index is 3.58. The Morgan fingerprint density at radius 1 is 1.06 bits per heavy atom. The van der Waals surface area contributed by atoms with E-state index >= 15 is 0 Å². The number of hydrogen-bond acceptors (Lipinski definition) is 2. The maximum absolute atomic E-state index is 3.58. The first-order valence-electron chi connectivity index (χ1n) is 5.73. The first kappa shape index (κ1) is 10.2. The summed E-state index contributed by atoms with van der Waals surface area (Å²) in [6.45, 7) is 1.13. The van der Waals surface area contributed by atoms with E-state index in [1.807, 2.05) is 11.8 Å². The van der Waals surface area contributed by atoms with Crippen molar-refractivity contribution in [1.82, 2.24) is 5.32 Å². The molecule has 0 aliphatic carbocycles. The summed E-state index contributed by atoms with van der Waals surface area (Å²) in [6.07, 6.45) is 0. The normalized spacial score (nSPS) is 21.1. The summed E-state index contributed by atoms with van der Waals surface area (Å²) >= 11 is 2.04. The molecule has 2 aromatic rings. The molecule has 0 bridgehead atoms. The fourth-order valence-corrected chi connectivity index (χ4v) is 3.18. The minimum Gasteiger partial charge on any atom is -0.308 e. The summed E-state index contributed by atoms with van der Waals surface area (Å²) in [6, 6.07) is 15.9. The average molecular weight is 229 g/mol. The molecule has 1 heterocycles. The van der Waals surface area contributed by atoms with E-state index in [0.29, 0.717) is 6.04 Å². The van der Waals surface area contributed by atoms with Crippen molar-refractivity contribution in [2.45, 2.75) is 6.04 Å². The molecule has 0 spiro atoms. The fraction of sp³-hybridized carbons (Fsp3) is 0.286. The smallest absolute Gasteiger partial charge is 0.0412 e. The average Bonchev–Trinajstić information content (AvgIpc) is 2.39. The topological polar surface area (TPSA) is 12.0 Å². The van der Waals surface area contributed by atoms with Gasteiger partial charge in [-0.3, -0.25) is 0 Å². The van der Waals surface area contributed by atoms with E-state index in [-0.39, 0.29) is 0 Å². The number of hydrogen-bond donors (Lipinski definition) is 1. The monoisotopic (exact) mass is 229 g/mol. The molecule has 2 aromatic carbocycles. The highest BCUT2D eigenvalue weighted by Crippen LogP contribution is 2.25. The lowest BCUT2D eigenvalue weighted by atomic mass is 10.0. The first-order chi connectivity index (χ1) is 7.93. The molecule has 1 unspecified atom stereocenters. The van der Waals surface area contributed by atoms with E-state index in [1.165, 1.54) is 27.8 Å². The summed E-state index contributed by atoms with van der Waals surface area (Å²) in [5.41, 5.74) is 1.42. The highest BCUT2D eigenvalue weighted by molar-refractivity contribution is 7.99. The quantitative estimate of drug-likeness (QED) is 0.806. The molecule has 1 aliphatic heterocycles. The van der Waals surface area contributed by atoms with Crippen LogP contribution < -0.4 is 5.32 Å². The van der Waals surface area contributed by atoms with Gasteiger partial charge in [0, 0.05) is 24.1 Å². The van der Waals surface area contributed by atoms with Crippen LogP contribution in [0.25, 0.3) is 10.8 Å². The number of fused-ring (bicyclic) bond motifs is 1. The van der Waals surface area contributed by atoms with Gasteiger partial charge in [-0.15, -0.1) is 0 Å². The van der Waals surface area contributed by atoms with E-state index in [1.54, 1.807) is 0 Å². The molecule has 0 radical (unpaired) electrons. The van der Waals surface area contributed by atoms with E-state index in [9.17, 15) is 0 Å². The molecular formula is C14H15NS. The van der Waals surface area contributed by atoms with Crippen molar-refractivity contribution >= 4 is 22.5 Å². The summed E-state index contributed by atoms with van der Waals surface area (Å²) in [5, 5.41) is 6.25. The van der Waals surface area contributed by atoms with Gasteiger partial charge in [0.2, 0.25) is 0 Å². The third-order valence-electron chi connectivity index (χ3n) is 3.10. The third kappa shape index (κ3) is 1.95. The van der Waals surface area contributed by atoms with Crippen LogP contribution in [0.2, 0.25) is 0 Å². The zero-order valence-corrected chi connectivity index (χ0v) is 9.96. The molecule has 0 saturated carbocycles. The van der Waals surface area contributed by atoms with E-state index in [4.69, 9.17) is 0 Å². The lowest BCUT2D eigenvalue weighted by Crippen LogP contribution is -2.30. The first-order valence-corrected chi connectivity index (χ1v) is 6.89. The summed E-state index contributed by atoms with van der Waals surface area (Å²) < 4.78 is 0. The standard InChI is InChI=1S/C14H15NS/c1-2-4-12-9-13(6-5-11(12)3-1)14-10-16-8-7-15-14/h1-6,9,14-15H,7-8,10H2. The van der Waals surface area contributed by atoms with Crippen LogP contribution in [-0.4, -0.2) is 18.1 Å². The van der Waals surface area contributed by atoms with Crippen LogP contribution in [0.5, 0.6) is 0 Å². The SMILES string of the molecule is c1ccc2cc(C3CSCCN3)ccc2c1. The van der Waals surface area contributed by atoms with Crippen molar-refractivity contribution in [2.24, 2.45) is 0 Å². The van der Waals surface area contributed by atoms with Crippen molar-refractivity contribution in [2.75, 3.05) is 18.1 Å². The molecule has 1 N–H and O–H groups in total. The zero-order chi connectivity index (χ0) is 10.8. The number of nitrogens with one attached hydrogen (secondary N) is 1. The largest absolute Gasteiger partial charge is 0.308 e. The van der Waals surface area contributed by atoms with Crippen LogP contribution in [0, 0.1) is 0 Å². The van der Waals surface area contributed by atoms with Gasteiger partial charge in [0.05, 0.1) is 0 Å². The second-order valence-corrected chi connectivity index (χ2v) is 5.34. The highest BCUT2D eigenvalue weighted by atomic mass is 32.2. The predicted molar refractivity (Wildman–Crippen MR) is 72.0 cm³/mol. The molecule has 16 heavy (non-hydrogen) atoms. The van der Waals surface area contributed by atoms with Crippen molar-refractivity contribution < 1.29 is 0 Å². The molecule has 0 amide bonds. The van der Waals surface area contributed by atoms with Gasteiger partial charge in [0.25, 0.3) is 0 Å². The van der Waals surface area contributed by atoms with Crippen molar-refractivity contribution in [1.29, 1.82) is 0 Å². The molecule has 1 saturated heterocycles. The second kappa shape index (κ2) is 4.48. The fourth-order valence-electron chi connectivity index (χ4n) is 2.20. The van der Waals surface area contributed by atoms with Crippen LogP contribution in [0.15, 0.2) is 42.5 Å². The van der Waals surface area contributed by atoms with Crippen molar-refractivity contribution in [3.05, 3.63) is 48.0 Å². The van der Waals surface area contributed by atoms with Crippen LogP contribution in [0.3, 0.4) is 0 Å². The Morgan fingerprint density at radius 2 is 1.94 bits per heavy atom. The van der Waals surface area contributed by atoms with E-state index in [2.05, 4.69) is 47.8 Å². The molecule has 82 valence electrons. The van der Waals surface area contributed by atoms with Gasteiger partial charge >= 0.3 is 0 Å². The molecule has 0 aromatic heterocycles. The molecule has 3 rings (SSSR count). The second-order valence-electron chi connectivity index (χ2n) is 4.19. The van der Waals surface area contributed by atoms with Crippen molar-refractivity contribution in [3.63, 3.8) is 0 Å².